The molecule has 0 amide bonds. The molecule has 2 aromatic rings. The maximum atomic E-state index is 13.1. The van der Waals surface area contributed by atoms with Crippen molar-refractivity contribution in [1.82, 2.24) is 10.3 Å². The van der Waals surface area contributed by atoms with Crippen molar-refractivity contribution >= 4 is 34.6 Å². The van der Waals surface area contributed by atoms with E-state index in [0.717, 1.165) is 42.1 Å². The van der Waals surface area contributed by atoms with Crippen LogP contribution in [0.1, 0.15) is 63.5 Å². The van der Waals surface area contributed by atoms with Gasteiger partial charge in [-0.2, -0.15) is 13.2 Å². The van der Waals surface area contributed by atoms with Crippen LogP contribution in [0.5, 0.6) is 0 Å². The number of thiocarbonyl (C=S) groups is 1. The quantitative estimate of drug-likeness (QED) is 0.384. The van der Waals surface area contributed by atoms with Crippen LogP contribution >= 0.6 is 23.8 Å². The maximum absolute atomic E-state index is 13.1. The van der Waals surface area contributed by atoms with E-state index in [1.54, 1.807) is 0 Å². The maximum Gasteiger partial charge on any atom is 0.417 e. The largest absolute Gasteiger partial charge is 0.417 e. The van der Waals surface area contributed by atoms with Gasteiger partial charge in [0.2, 0.25) is 0 Å². The fourth-order valence-electron chi connectivity index (χ4n) is 4.23. The summed E-state index contributed by atoms with van der Waals surface area (Å²) in [6.07, 6.45) is 3.02. The number of anilines is 1. The molecule has 1 aliphatic rings. The molecule has 0 spiro atoms. The molecule has 1 atom stereocenters. The molecule has 0 aliphatic heterocycles. The zero-order valence-electron chi connectivity index (χ0n) is 19.0. The zero-order chi connectivity index (χ0) is 24.0. The predicted octanol–water partition coefficient (Wildman–Crippen LogP) is 7.42. The highest BCUT2D eigenvalue weighted by molar-refractivity contribution is 7.80. The van der Waals surface area contributed by atoms with E-state index in [-0.39, 0.29) is 6.04 Å². The van der Waals surface area contributed by atoms with E-state index in [1.807, 2.05) is 29.2 Å². The molecule has 180 valence electrons. The molecular formula is C25H31ClF3N3S. The molecule has 0 radical (unpaired) electrons. The zero-order valence-corrected chi connectivity index (χ0v) is 20.6. The summed E-state index contributed by atoms with van der Waals surface area (Å²) in [4.78, 5) is 6.95. The van der Waals surface area contributed by atoms with Gasteiger partial charge in [-0.25, -0.2) is 4.98 Å². The van der Waals surface area contributed by atoms with Crippen LogP contribution in [0.15, 0.2) is 42.6 Å². The summed E-state index contributed by atoms with van der Waals surface area (Å²) >= 11 is 11.9. The van der Waals surface area contributed by atoms with E-state index in [2.05, 4.69) is 24.1 Å². The van der Waals surface area contributed by atoms with Crippen LogP contribution < -0.4 is 10.2 Å². The van der Waals surface area contributed by atoms with E-state index in [4.69, 9.17) is 23.8 Å². The Morgan fingerprint density at radius 3 is 2.33 bits per heavy atom. The molecule has 1 N–H and O–H groups in total. The van der Waals surface area contributed by atoms with Crippen LogP contribution in [0.4, 0.5) is 19.0 Å². The first-order valence-electron chi connectivity index (χ1n) is 11.5. The topological polar surface area (TPSA) is 28.2 Å². The molecule has 8 heteroatoms. The number of nitrogens with one attached hydrogen (secondary N) is 1. The first kappa shape index (κ1) is 25.8. The number of benzene rings is 1. The molecule has 1 aromatic carbocycles. The minimum atomic E-state index is -4.43. The molecule has 1 aromatic heterocycles. The van der Waals surface area contributed by atoms with Gasteiger partial charge < -0.3 is 10.2 Å². The van der Waals surface area contributed by atoms with E-state index >= 15 is 0 Å². The molecular weight excluding hydrogens is 467 g/mol. The van der Waals surface area contributed by atoms with Crippen molar-refractivity contribution in [3.05, 3.63) is 58.7 Å². The molecule has 1 heterocycles. The smallest absolute Gasteiger partial charge is 0.375 e. The predicted molar refractivity (Wildman–Crippen MR) is 133 cm³/mol. The van der Waals surface area contributed by atoms with Gasteiger partial charge >= 0.3 is 6.18 Å². The molecule has 33 heavy (non-hydrogen) atoms. The van der Waals surface area contributed by atoms with Crippen LogP contribution in [0.25, 0.3) is 0 Å². The number of halogens is 4. The minimum Gasteiger partial charge on any atom is -0.375 e. The second kappa shape index (κ2) is 11.5. The highest BCUT2D eigenvalue weighted by Crippen LogP contribution is 2.31. The summed E-state index contributed by atoms with van der Waals surface area (Å²) in [6, 6.07) is 10.1. The first-order valence-corrected chi connectivity index (χ1v) is 12.3. The molecule has 1 saturated carbocycles. The third-order valence-electron chi connectivity index (χ3n) is 5.96. The third kappa shape index (κ3) is 7.57. The Kier molecular flexibility index (Phi) is 8.99. The van der Waals surface area contributed by atoms with Crippen molar-refractivity contribution < 1.29 is 13.2 Å². The van der Waals surface area contributed by atoms with E-state index < -0.39 is 11.7 Å². The van der Waals surface area contributed by atoms with Gasteiger partial charge in [-0.1, -0.05) is 69.1 Å². The van der Waals surface area contributed by atoms with Crippen LogP contribution in [0.2, 0.25) is 5.02 Å². The van der Waals surface area contributed by atoms with Gasteiger partial charge in [0.1, 0.15) is 5.82 Å². The monoisotopic (exact) mass is 497 g/mol. The second-order valence-electron chi connectivity index (χ2n) is 9.15. The lowest BCUT2D eigenvalue weighted by molar-refractivity contribution is -0.137. The lowest BCUT2D eigenvalue weighted by Crippen LogP contribution is -2.50. The lowest BCUT2D eigenvalue weighted by Gasteiger charge is -2.36. The van der Waals surface area contributed by atoms with Gasteiger partial charge in [-0.15, -0.1) is 0 Å². The molecule has 1 fully saturated rings. The normalized spacial score (nSPS) is 16.0. The number of rotatable bonds is 8. The third-order valence-corrected chi connectivity index (χ3v) is 6.60. The summed E-state index contributed by atoms with van der Waals surface area (Å²) in [6.45, 7) is 4.70. The van der Waals surface area contributed by atoms with Gasteiger partial charge in [0.25, 0.3) is 0 Å². The van der Waals surface area contributed by atoms with Crippen LogP contribution in [-0.2, 0) is 12.7 Å². The SMILES string of the molecule is CC(C)CC(C(=S)NC1CCCCC1)N(Cc1ccc(Cl)cc1)c1ccc(C(F)(F)F)cn1. The highest BCUT2D eigenvalue weighted by atomic mass is 35.5. The van der Waals surface area contributed by atoms with Crippen molar-refractivity contribution in [3.63, 3.8) is 0 Å². The molecule has 1 unspecified atom stereocenters. The highest BCUT2D eigenvalue weighted by Gasteiger charge is 2.32. The van der Waals surface area contributed by atoms with Gasteiger partial charge in [-0.05, 0) is 55.0 Å². The number of hydrogen-bond acceptors (Lipinski definition) is 3. The van der Waals surface area contributed by atoms with Crippen molar-refractivity contribution in [3.8, 4) is 0 Å². The Bertz CT molecular complexity index is 895. The fraction of sp³-hybridized carbons (Fsp3) is 0.520. The summed E-state index contributed by atoms with van der Waals surface area (Å²) < 4.78 is 39.4. The average molecular weight is 498 g/mol. The number of pyridine rings is 1. The molecule has 3 rings (SSSR count). The average Bonchev–Trinajstić information content (AvgIpc) is 2.77. The Balaban J connectivity index is 1.93. The Hall–Kier alpha value is -1.86. The summed E-state index contributed by atoms with van der Waals surface area (Å²) in [5, 5.41) is 4.20. The van der Waals surface area contributed by atoms with Gasteiger partial charge in [0.05, 0.1) is 16.6 Å². The summed E-state index contributed by atoms with van der Waals surface area (Å²) in [5.41, 5.74) is 0.219. The number of hydrogen-bond donors (Lipinski definition) is 1. The fourth-order valence-corrected chi connectivity index (χ4v) is 4.74. The number of nitrogens with zero attached hydrogens (tertiary/aromatic N) is 2. The molecule has 1 aliphatic carbocycles. The van der Waals surface area contributed by atoms with Gasteiger partial charge in [-0.3, -0.25) is 0 Å². The van der Waals surface area contributed by atoms with Crippen LogP contribution in [0, 0.1) is 5.92 Å². The number of alkyl halides is 3. The minimum absolute atomic E-state index is 0.193. The Labute approximate surface area is 204 Å². The van der Waals surface area contributed by atoms with Crippen molar-refractivity contribution in [2.24, 2.45) is 5.92 Å². The standard InChI is InChI=1S/C25H31ClF3N3S/c1-17(2)14-22(24(33)31-21-6-4-3-5-7-21)32(16-18-8-11-20(26)12-9-18)23-13-10-19(15-30-23)25(27,28)29/h8-13,15,17,21-22H,3-7,14,16H2,1-2H3,(H,31,33). The van der Waals surface area contributed by atoms with Crippen molar-refractivity contribution in [2.75, 3.05) is 4.90 Å². The van der Waals surface area contributed by atoms with E-state index in [9.17, 15) is 13.2 Å². The Morgan fingerprint density at radius 1 is 1.12 bits per heavy atom. The van der Waals surface area contributed by atoms with Crippen molar-refractivity contribution in [1.29, 1.82) is 0 Å². The van der Waals surface area contributed by atoms with Crippen LogP contribution in [-0.4, -0.2) is 22.1 Å². The first-order chi connectivity index (χ1) is 15.6. The van der Waals surface area contributed by atoms with E-state index in [1.165, 1.54) is 25.3 Å². The van der Waals surface area contributed by atoms with Crippen LogP contribution in [0.3, 0.4) is 0 Å². The van der Waals surface area contributed by atoms with E-state index in [0.29, 0.717) is 29.3 Å². The lowest BCUT2D eigenvalue weighted by atomic mass is 9.94. The summed E-state index contributed by atoms with van der Waals surface area (Å²) in [7, 11) is 0. The van der Waals surface area contributed by atoms with Gasteiger partial charge in [0, 0.05) is 23.8 Å². The second-order valence-corrected chi connectivity index (χ2v) is 10.0. The van der Waals surface area contributed by atoms with Crippen molar-refractivity contribution in [2.45, 2.75) is 77.2 Å². The Morgan fingerprint density at radius 2 is 1.79 bits per heavy atom. The molecule has 0 saturated heterocycles. The summed E-state index contributed by atoms with van der Waals surface area (Å²) in [5.74, 6) is 0.805. The molecule has 3 nitrogen and oxygen atoms in total. The van der Waals surface area contributed by atoms with Gasteiger partial charge in [0.15, 0.2) is 0 Å². The molecule has 0 bridgehead atoms. The number of aromatic nitrogens is 1.